The summed E-state index contributed by atoms with van der Waals surface area (Å²) >= 11 is 0. The molecule has 43 heavy (non-hydrogen) atoms. The van der Waals surface area contributed by atoms with Crippen molar-refractivity contribution in [1.29, 1.82) is 0 Å². The summed E-state index contributed by atoms with van der Waals surface area (Å²) in [4.78, 5) is 53.8. The zero-order chi connectivity index (χ0) is 31.3. The van der Waals surface area contributed by atoms with E-state index in [9.17, 15) is 28.0 Å². The molecule has 2 heterocycles. The Morgan fingerprint density at radius 1 is 1.07 bits per heavy atom. The second-order valence-corrected chi connectivity index (χ2v) is 11.4. The Bertz CT molecular complexity index is 1420. The van der Waals surface area contributed by atoms with Crippen LogP contribution in [0.3, 0.4) is 0 Å². The Morgan fingerprint density at radius 2 is 1.79 bits per heavy atom. The van der Waals surface area contributed by atoms with E-state index in [0.717, 1.165) is 55.2 Å². The third-order valence-corrected chi connectivity index (χ3v) is 7.97. The number of Topliss-reactive ketones (excluding diaryl/α,β-unsaturated/α-hetero) is 1. The monoisotopic (exact) mass is 595 g/mol. The molecular formula is C32H39F2N5O4. The van der Waals surface area contributed by atoms with Crippen molar-refractivity contribution in [2.75, 3.05) is 31.5 Å². The third-order valence-electron chi connectivity index (χ3n) is 7.97. The third kappa shape index (κ3) is 7.64. The molecule has 4 rings (SSSR count). The van der Waals surface area contributed by atoms with Crippen LogP contribution < -0.4 is 16.0 Å². The number of nitrogens with zero attached hydrogens (tertiary/aromatic N) is 2. The highest BCUT2D eigenvalue weighted by Crippen LogP contribution is 2.36. The number of allylic oxidation sites excluding steroid dienone is 1. The fourth-order valence-electron chi connectivity index (χ4n) is 5.65. The van der Waals surface area contributed by atoms with E-state index in [0.29, 0.717) is 18.4 Å². The second kappa shape index (κ2) is 13.9. The van der Waals surface area contributed by atoms with E-state index >= 15 is 0 Å². The summed E-state index contributed by atoms with van der Waals surface area (Å²) in [6.45, 7) is 9.25. The largest absolute Gasteiger partial charge is 0.337 e. The first kappa shape index (κ1) is 31.8. The summed E-state index contributed by atoms with van der Waals surface area (Å²) in [5, 5.41) is 8.20. The molecule has 1 unspecified atom stereocenters. The lowest BCUT2D eigenvalue weighted by Gasteiger charge is -2.36. The number of anilines is 1. The van der Waals surface area contributed by atoms with Crippen molar-refractivity contribution in [3.05, 3.63) is 76.5 Å². The van der Waals surface area contributed by atoms with E-state index in [1.54, 1.807) is 0 Å². The van der Waals surface area contributed by atoms with Gasteiger partial charge < -0.3 is 20.9 Å². The molecule has 0 saturated carbocycles. The van der Waals surface area contributed by atoms with Gasteiger partial charge in [0.05, 0.1) is 0 Å². The molecule has 1 fully saturated rings. The lowest BCUT2D eigenvalue weighted by molar-refractivity contribution is -0.119. The van der Waals surface area contributed by atoms with Gasteiger partial charge in [0, 0.05) is 41.1 Å². The number of nitrogens with one attached hydrogen (secondary N) is 3. The van der Waals surface area contributed by atoms with Crippen molar-refractivity contribution in [1.82, 2.24) is 20.4 Å². The molecule has 230 valence electrons. The van der Waals surface area contributed by atoms with Gasteiger partial charge in [0.25, 0.3) is 0 Å². The average molecular weight is 596 g/mol. The second-order valence-electron chi connectivity index (χ2n) is 11.4. The van der Waals surface area contributed by atoms with Crippen LogP contribution in [0, 0.1) is 17.6 Å². The van der Waals surface area contributed by atoms with Crippen LogP contribution in [0.4, 0.5) is 24.1 Å². The molecule has 11 heteroatoms. The molecule has 2 aliphatic rings. The molecule has 2 aromatic rings. The number of ketones is 1. The van der Waals surface area contributed by atoms with Crippen LogP contribution in [0.5, 0.6) is 0 Å². The number of imide groups is 1. The van der Waals surface area contributed by atoms with Gasteiger partial charge in [0.1, 0.15) is 17.7 Å². The van der Waals surface area contributed by atoms with Gasteiger partial charge in [-0.2, -0.15) is 0 Å². The molecule has 5 amide bonds. The number of rotatable bonds is 9. The maximum atomic E-state index is 14.8. The zero-order valence-corrected chi connectivity index (χ0v) is 25.0. The topological polar surface area (TPSA) is 111 Å². The van der Waals surface area contributed by atoms with Crippen molar-refractivity contribution < 1.29 is 28.0 Å². The molecule has 0 aromatic heterocycles. The van der Waals surface area contributed by atoms with Crippen molar-refractivity contribution in [2.24, 2.45) is 5.92 Å². The number of hydrogen-bond acceptors (Lipinski definition) is 5. The van der Waals surface area contributed by atoms with Gasteiger partial charge in [-0.05, 0) is 82.4 Å². The summed E-state index contributed by atoms with van der Waals surface area (Å²) in [6, 6.07) is 7.93. The summed E-state index contributed by atoms with van der Waals surface area (Å²) in [5.41, 5.74) is 2.13. The van der Waals surface area contributed by atoms with Crippen molar-refractivity contribution in [2.45, 2.75) is 58.9 Å². The van der Waals surface area contributed by atoms with Crippen molar-refractivity contribution in [3.8, 4) is 0 Å². The number of benzene rings is 2. The predicted octanol–water partition coefficient (Wildman–Crippen LogP) is 5.47. The molecule has 0 bridgehead atoms. The highest BCUT2D eigenvalue weighted by molar-refractivity contribution is 6.03. The molecule has 9 nitrogen and oxygen atoms in total. The van der Waals surface area contributed by atoms with E-state index in [1.807, 2.05) is 32.0 Å². The first-order valence-corrected chi connectivity index (χ1v) is 14.6. The zero-order valence-electron chi connectivity index (χ0n) is 25.0. The van der Waals surface area contributed by atoms with Crippen LogP contribution in [0.1, 0.15) is 70.0 Å². The molecule has 3 N–H and O–H groups in total. The minimum Gasteiger partial charge on any atom is -0.337 e. The Hall–Kier alpha value is -4.12. The highest BCUT2D eigenvalue weighted by atomic mass is 19.1. The molecular weight excluding hydrogens is 556 g/mol. The highest BCUT2D eigenvalue weighted by Gasteiger charge is 2.41. The maximum absolute atomic E-state index is 14.8. The standard InChI is InChI=1S/C32H39F2N5O4/c1-19(2)30(41)37-25-8-5-7-23(17-25)22-11-15-38(16-12-22)14-6-13-35-31(42)39-29(26-10-9-24(33)18-27(26)34)28(21(4)40)20(3)36-32(39)43/h5,7-10,17-19,22,29H,6,11-16H2,1-4H3,(H,35,42)(H,36,43)(H,37,41). The summed E-state index contributed by atoms with van der Waals surface area (Å²) in [6.07, 6.45) is 2.55. The van der Waals surface area contributed by atoms with Crippen LogP contribution in [0.15, 0.2) is 53.7 Å². The molecule has 2 aromatic carbocycles. The van der Waals surface area contributed by atoms with Gasteiger partial charge in [-0.1, -0.05) is 32.0 Å². The van der Waals surface area contributed by atoms with Gasteiger partial charge >= 0.3 is 12.1 Å². The molecule has 0 aliphatic carbocycles. The molecule has 1 atom stereocenters. The normalized spacial score (nSPS) is 18.1. The van der Waals surface area contributed by atoms with E-state index < -0.39 is 35.5 Å². The van der Waals surface area contributed by atoms with Crippen molar-refractivity contribution in [3.63, 3.8) is 0 Å². The molecule has 1 saturated heterocycles. The van der Waals surface area contributed by atoms with Gasteiger partial charge in [-0.25, -0.2) is 23.3 Å². The average Bonchev–Trinajstić information content (AvgIpc) is 2.95. The van der Waals surface area contributed by atoms with Crippen molar-refractivity contribution >= 4 is 29.4 Å². The van der Waals surface area contributed by atoms with Crippen LogP contribution in [-0.2, 0) is 9.59 Å². The Kier molecular flexibility index (Phi) is 10.3. The van der Waals surface area contributed by atoms with Crippen LogP contribution in [0.2, 0.25) is 0 Å². The first-order valence-electron chi connectivity index (χ1n) is 14.6. The summed E-state index contributed by atoms with van der Waals surface area (Å²) in [5.74, 6) is -1.93. The van der Waals surface area contributed by atoms with Gasteiger partial charge in [0.15, 0.2) is 5.78 Å². The van der Waals surface area contributed by atoms with E-state index in [2.05, 4.69) is 26.9 Å². The Morgan fingerprint density at radius 3 is 2.44 bits per heavy atom. The fourth-order valence-corrected chi connectivity index (χ4v) is 5.65. The number of carbonyl (C=O) groups is 4. The summed E-state index contributed by atoms with van der Waals surface area (Å²) in [7, 11) is 0. The van der Waals surface area contributed by atoms with E-state index in [-0.39, 0.29) is 35.2 Å². The minimum atomic E-state index is -1.33. The number of carbonyl (C=O) groups excluding carboxylic acids is 4. The SMILES string of the molecule is CC(=O)C1=C(C)NC(=O)N(C(=O)NCCCN2CCC(c3cccc(NC(=O)C(C)C)c3)CC2)C1c1ccc(F)cc1F. The number of hydrogen-bond donors (Lipinski definition) is 3. The molecule has 0 radical (unpaired) electrons. The number of urea groups is 2. The van der Waals surface area contributed by atoms with Gasteiger partial charge in [-0.3, -0.25) is 9.59 Å². The quantitative estimate of drug-likeness (QED) is 0.333. The number of amides is 5. The Labute approximate surface area is 250 Å². The summed E-state index contributed by atoms with van der Waals surface area (Å²) < 4.78 is 28.4. The fraction of sp³-hybridized carbons (Fsp3) is 0.438. The van der Waals surface area contributed by atoms with Crippen LogP contribution in [0.25, 0.3) is 0 Å². The molecule has 2 aliphatic heterocycles. The Balaban J connectivity index is 1.32. The van der Waals surface area contributed by atoms with Crippen LogP contribution >= 0.6 is 0 Å². The number of piperidine rings is 1. The smallest absolute Gasteiger partial charge is 0.330 e. The minimum absolute atomic E-state index is 0.0102. The number of likely N-dealkylation sites (tertiary alicyclic amines) is 1. The van der Waals surface area contributed by atoms with E-state index in [4.69, 9.17) is 0 Å². The maximum Gasteiger partial charge on any atom is 0.330 e. The number of halogens is 2. The molecule has 0 spiro atoms. The van der Waals surface area contributed by atoms with E-state index in [1.165, 1.54) is 19.4 Å². The lowest BCUT2D eigenvalue weighted by atomic mass is 9.89. The first-order chi connectivity index (χ1) is 20.5. The van der Waals surface area contributed by atoms with Gasteiger partial charge in [0.2, 0.25) is 5.91 Å². The predicted molar refractivity (Wildman–Crippen MR) is 159 cm³/mol. The van der Waals surface area contributed by atoms with Crippen LogP contribution in [-0.4, -0.2) is 59.7 Å². The van der Waals surface area contributed by atoms with Gasteiger partial charge in [-0.15, -0.1) is 0 Å². The lowest BCUT2D eigenvalue weighted by Crippen LogP contribution is -2.54.